The van der Waals surface area contributed by atoms with Gasteiger partial charge in [-0.25, -0.2) is 4.98 Å². The predicted molar refractivity (Wildman–Crippen MR) is 121 cm³/mol. The molecule has 34 heavy (non-hydrogen) atoms. The van der Waals surface area contributed by atoms with Crippen LogP contribution in [0.2, 0.25) is 5.28 Å². The molecule has 5 rings (SSSR count). The summed E-state index contributed by atoms with van der Waals surface area (Å²) in [6.07, 6.45) is -1.27. The van der Waals surface area contributed by atoms with E-state index >= 15 is 0 Å². The van der Waals surface area contributed by atoms with Crippen LogP contribution >= 0.6 is 11.6 Å². The average Bonchev–Trinajstić information content (AvgIpc) is 2.80. The first-order valence-corrected chi connectivity index (χ1v) is 10.6. The Balaban J connectivity index is 1.41. The number of allylic oxidation sites excluding steroid dienone is 1. The molecule has 3 N–H and O–H groups in total. The van der Waals surface area contributed by atoms with E-state index < -0.39 is 17.7 Å². The van der Waals surface area contributed by atoms with E-state index in [1.807, 2.05) is 0 Å². The van der Waals surface area contributed by atoms with Crippen molar-refractivity contribution in [3.63, 3.8) is 0 Å². The molecule has 2 aromatic carbocycles. The van der Waals surface area contributed by atoms with Gasteiger partial charge in [0, 0.05) is 23.1 Å². The van der Waals surface area contributed by atoms with E-state index in [0.29, 0.717) is 17.3 Å². The molecule has 0 aliphatic heterocycles. The number of carbonyl (C=O) groups excluding carboxylic acids is 2. The lowest BCUT2D eigenvalue weighted by atomic mass is 9.77. The standard InChI is InChI=1S/C24H17ClN4O5/c1-11-27-23(25)29-24(28-11)34-13-8-6-12(7-9-13)33-17-10-16(30)18-19(20(17)26)22(32)15-5-3-2-4-14(15)21(18)31/h2-9,16,30H,10,26H2,1H3. The molecule has 0 fully saturated rings. The minimum atomic E-state index is -1.22. The molecule has 2 aliphatic carbocycles. The Bertz CT molecular complexity index is 1390. The molecule has 10 heteroatoms. The number of carbonyl (C=O) groups is 2. The number of Topliss-reactive ketones (excluding diaryl/α,β-unsaturated/α-hetero) is 2. The van der Waals surface area contributed by atoms with Crippen LogP contribution in [0.4, 0.5) is 0 Å². The van der Waals surface area contributed by atoms with E-state index in [2.05, 4.69) is 15.0 Å². The molecule has 0 spiro atoms. The maximum atomic E-state index is 13.1. The number of ketones is 2. The lowest BCUT2D eigenvalue weighted by Gasteiger charge is -2.30. The first-order chi connectivity index (χ1) is 16.3. The highest BCUT2D eigenvalue weighted by atomic mass is 35.5. The van der Waals surface area contributed by atoms with Gasteiger partial charge in [-0.15, -0.1) is 0 Å². The fourth-order valence-corrected chi connectivity index (χ4v) is 4.09. The molecule has 0 radical (unpaired) electrons. The van der Waals surface area contributed by atoms with Gasteiger partial charge in [-0.2, -0.15) is 9.97 Å². The number of hydrogen-bond donors (Lipinski definition) is 2. The summed E-state index contributed by atoms with van der Waals surface area (Å²) in [7, 11) is 0. The van der Waals surface area contributed by atoms with Crippen molar-refractivity contribution in [2.24, 2.45) is 5.73 Å². The largest absolute Gasteiger partial charge is 0.459 e. The Kier molecular flexibility index (Phi) is 5.35. The second-order valence-electron chi connectivity index (χ2n) is 7.66. The maximum absolute atomic E-state index is 13.1. The Morgan fingerprint density at radius 1 is 0.941 bits per heavy atom. The first-order valence-electron chi connectivity index (χ1n) is 10.3. The molecule has 2 aliphatic rings. The Hall–Kier alpha value is -4.08. The summed E-state index contributed by atoms with van der Waals surface area (Å²) in [5.41, 5.74) is 6.79. The summed E-state index contributed by atoms with van der Waals surface area (Å²) in [5.74, 6) is 0.601. The van der Waals surface area contributed by atoms with Gasteiger partial charge in [-0.1, -0.05) is 24.3 Å². The number of aryl methyl sites for hydroxylation is 1. The zero-order chi connectivity index (χ0) is 24.0. The summed E-state index contributed by atoms with van der Waals surface area (Å²) in [6.45, 7) is 1.66. The predicted octanol–water partition coefficient (Wildman–Crippen LogP) is 3.32. The molecule has 0 bridgehead atoms. The number of rotatable bonds is 4. The van der Waals surface area contributed by atoms with Crippen molar-refractivity contribution in [3.05, 3.63) is 93.4 Å². The van der Waals surface area contributed by atoms with Crippen molar-refractivity contribution < 1.29 is 24.2 Å². The Morgan fingerprint density at radius 2 is 1.56 bits per heavy atom. The average molecular weight is 477 g/mol. The first kappa shape index (κ1) is 21.7. The van der Waals surface area contributed by atoms with Gasteiger partial charge in [0.15, 0.2) is 11.6 Å². The Morgan fingerprint density at radius 3 is 2.21 bits per heavy atom. The van der Waals surface area contributed by atoms with E-state index in [9.17, 15) is 14.7 Å². The van der Waals surface area contributed by atoms with Gasteiger partial charge >= 0.3 is 6.01 Å². The van der Waals surface area contributed by atoms with E-state index in [0.717, 1.165) is 0 Å². The van der Waals surface area contributed by atoms with Gasteiger partial charge in [-0.3, -0.25) is 9.59 Å². The van der Waals surface area contributed by atoms with E-state index in [1.54, 1.807) is 55.5 Å². The number of halogens is 1. The molecule has 1 heterocycles. The smallest absolute Gasteiger partial charge is 0.326 e. The Labute approximate surface area is 198 Å². The number of aromatic nitrogens is 3. The van der Waals surface area contributed by atoms with Gasteiger partial charge in [0.25, 0.3) is 0 Å². The van der Waals surface area contributed by atoms with Gasteiger partial charge in [0.1, 0.15) is 23.1 Å². The molecule has 170 valence electrons. The van der Waals surface area contributed by atoms with Crippen molar-refractivity contribution in [1.82, 2.24) is 15.0 Å². The zero-order valence-electron chi connectivity index (χ0n) is 17.8. The van der Waals surface area contributed by atoms with Crippen molar-refractivity contribution in [3.8, 4) is 17.5 Å². The molecule has 0 amide bonds. The van der Waals surface area contributed by atoms with E-state index in [-0.39, 0.29) is 51.4 Å². The molecule has 0 saturated carbocycles. The van der Waals surface area contributed by atoms with Crippen molar-refractivity contribution in [1.29, 1.82) is 0 Å². The topological polar surface area (TPSA) is 138 Å². The highest BCUT2D eigenvalue weighted by molar-refractivity contribution is 6.29. The summed E-state index contributed by atoms with van der Waals surface area (Å²) in [4.78, 5) is 37.8. The molecule has 1 atom stereocenters. The minimum absolute atomic E-state index is 0.00334. The normalized spacial score (nSPS) is 17.4. The van der Waals surface area contributed by atoms with Crippen LogP contribution < -0.4 is 15.2 Å². The third kappa shape index (κ3) is 3.81. The zero-order valence-corrected chi connectivity index (χ0v) is 18.5. The van der Waals surface area contributed by atoms with Crippen molar-refractivity contribution >= 4 is 23.2 Å². The van der Waals surface area contributed by atoms with Crippen LogP contribution in [0.25, 0.3) is 0 Å². The second kappa shape index (κ2) is 8.36. The fraction of sp³-hybridized carbons (Fsp3) is 0.125. The van der Waals surface area contributed by atoms with Crippen LogP contribution in [0.15, 0.2) is 71.1 Å². The molecular weight excluding hydrogens is 460 g/mol. The van der Waals surface area contributed by atoms with Crippen molar-refractivity contribution in [2.45, 2.75) is 19.4 Å². The number of fused-ring (bicyclic) bond motifs is 1. The number of nitrogens with two attached hydrogens (primary N) is 1. The molecule has 1 unspecified atom stereocenters. The lowest BCUT2D eigenvalue weighted by Crippen LogP contribution is -2.36. The number of aliphatic hydroxyl groups excluding tert-OH is 1. The van der Waals surface area contributed by atoms with Crippen molar-refractivity contribution in [2.75, 3.05) is 0 Å². The SMILES string of the molecule is Cc1nc(Cl)nc(Oc2ccc(OC3=C(N)C4=C(C(=O)c5ccccc5C4=O)C(O)C3)cc2)n1. The quantitative estimate of drug-likeness (QED) is 0.580. The highest BCUT2D eigenvalue weighted by Crippen LogP contribution is 2.38. The summed E-state index contributed by atoms with van der Waals surface area (Å²) in [5, 5.41) is 10.7. The summed E-state index contributed by atoms with van der Waals surface area (Å²) >= 11 is 5.82. The van der Waals surface area contributed by atoms with Crippen LogP contribution in [-0.2, 0) is 0 Å². The summed E-state index contributed by atoms with van der Waals surface area (Å²) < 4.78 is 11.5. The third-order valence-electron chi connectivity index (χ3n) is 5.41. The fourth-order valence-electron chi connectivity index (χ4n) is 3.90. The number of aliphatic hydroxyl groups is 1. The number of hydrogen-bond acceptors (Lipinski definition) is 9. The van der Waals surface area contributed by atoms with Gasteiger partial charge in [-0.05, 0) is 42.8 Å². The summed E-state index contributed by atoms with van der Waals surface area (Å²) in [6, 6.07) is 13.0. The molecular formula is C24H17ClN4O5. The molecule has 0 saturated heterocycles. The maximum Gasteiger partial charge on any atom is 0.326 e. The molecule has 3 aromatic rings. The number of nitrogens with zero attached hydrogens (tertiary/aromatic N) is 3. The van der Waals surface area contributed by atoms with E-state index in [1.165, 1.54) is 0 Å². The lowest BCUT2D eigenvalue weighted by molar-refractivity contribution is 0.0926. The van der Waals surface area contributed by atoms with Crippen LogP contribution in [-0.4, -0.2) is 37.7 Å². The van der Waals surface area contributed by atoms with Gasteiger partial charge in [0.05, 0.1) is 17.4 Å². The molecule has 9 nitrogen and oxygen atoms in total. The van der Waals surface area contributed by atoms with Crippen LogP contribution in [0.5, 0.6) is 17.5 Å². The van der Waals surface area contributed by atoms with Crippen LogP contribution in [0.3, 0.4) is 0 Å². The minimum Gasteiger partial charge on any atom is -0.459 e. The third-order valence-corrected chi connectivity index (χ3v) is 5.58. The highest BCUT2D eigenvalue weighted by Gasteiger charge is 2.40. The van der Waals surface area contributed by atoms with Gasteiger partial charge in [0.2, 0.25) is 5.28 Å². The monoisotopic (exact) mass is 476 g/mol. The second-order valence-corrected chi connectivity index (χ2v) is 8.00. The van der Waals surface area contributed by atoms with Gasteiger partial charge < -0.3 is 20.3 Å². The van der Waals surface area contributed by atoms with E-state index in [4.69, 9.17) is 26.8 Å². The van der Waals surface area contributed by atoms with Crippen LogP contribution in [0.1, 0.15) is 33.0 Å². The number of benzene rings is 2. The molecule has 1 aromatic heterocycles. The number of ether oxygens (including phenoxy) is 2. The van der Waals surface area contributed by atoms with Crippen LogP contribution in [0, 0.1) is 6.92 Å².